The molecular weight excluding hydrogens is 196 g/mol. The Morgan fingerprint density at radius 1 is 1.53 bits per heavy atom. The Morgan fingerprint density at radius 3 is 2.60 bits per heavy atom. The molecule has 0 radical (unpaired) electrons. The maximum Gasteiger partial charge on any atom is 0.322 e. The van der Waals surface area contributed by atoms with Crippen LogP contribution >= 0.6 is 0 Å². The number of rotatable bonds is 5. The SMILES string of the molecule is CCOC(=O)[C@@H](N)CCN=C(N)N(C)C. The van der Waals surface area contributed by atoms with Gasteiger partial charge in [0.2, 0.25) is 0 Å². The van der Waals surface area contributed by atoms with Gasteiger partial charge in [-0.05, 0) is 13.3 Å². The summed E-state index contributed by atoms with van der Waals surface area (Å²) in [4.78, 5) is 16.8. The molecule has 0 aromatic carbocycles. The van der Waals surface area contributed by atoms with Gasteiger partial charge in [-0.25, -0.2) is 0 Å². The predicted molar refractivity (Wildman–Crippen MR) is 59.4 cm³/mol. The Balaban J connectivity index is 3.86. The number of guanidine groups is 1. The third-order valence-corrected chi connectivity index (χ3v) is 1.76. The molecule has 0 saturated heterocycles. The number of hydrogen-bond donors (Lipinski definition) is 2. The first-order valence-corrected chi connectivity index (χ1v) is 4.88. The van der Waals surface area contributed by atoms with Crippen LogP contribution in [0.4, 0.5) is 0 Å². The topological polar surface area (TPSA) is 93.9 Å². The third kappa shape index (κ3) is 5.90. The van der Waals surface area contributed by atoms with Crippen LogP contribution < -0.4 is 11.5 Å². The zero-order chi connectivity index (χ0) is 11.8. The Labute approximate surface area is 90.3 Å². The van der Waals surface area contributed by atoms with Crippen LogP contribution in [0.3, 0.4) is 0 Å². The Kier molecular flexibility index (Phi) is 6.44. The van der Waals surface area contributed by atoms with E-state index in [0.717, 1.165) is 0 Å². The van der Waals surface area contributed by atoms with E-state index in [4.69, 9.17) is 16.2 Å². The smallest absolute Gasteiger partial charge is 0.322 e. The molecule has 6 heteroatoms. The molecule has 0 aliphatic heterocycles. The minimum absolute atomic E-state index is 0.343. The van der Waals surface area contributed by atoms with Crippen molar-refractivity contribution in [2.75, 3.05) is 27.2 Å². The minimum Gasteiger partial charge on any atom is -0.465 e. The average Bonchev–Trinajstić information content (AvgIpc) is 2.17. The first-order chi connectivity index (χ1) is 6.99. The van der Waals surface area contributed by atoms with Crippen molar-refractivity contribution in [1.82, 2.24) is 4.90 Å². The molecule has 0 aliphatic carbocycles. The third-order valence-electron chi connectivity index (χ3n) is 1.76. The standard InChI is InChI=1S/C9H20N4O2/c1-4-15-8(14)7(10)5-6-12-9(11)13(2)3/h7H,4-6,10H2,1-3H3,(H2,11,12)/t7-/m0/s1. The highest BCUT2D eigenvalue weighted by atomic mass is 16.5. The largest absolute Gasteiger partial charge is 0.465 e. The van der Waals surface area contributed by atoms with Crippen molar-refractivity contribution < 1.29 is 9.53 Å². The first-order valence-electron chi connectivity index (χ1n) is 4.88. The van der Waals surface area contributed by atoms with Gasteiger partial charge in [0.1, 0.15) is 6.04 Å². The number of esters is 1. The van der Waals surface area contributed by atoms with Crippen molar-refractivity contribution in [3.63, 3.8) is 0 Å². The molecule has 1 atom stereocenters. The number of aliphatic imine (C=N–C) groups is 1. The van der Waals surface area contributed by atoms with Crippen molar-refractivity contribution in [2.45, 2.75) is 19.4 Å². The summed E-state index contributed by atoms with van der Waals surface area (Å²) in [6.45, 7) is 2.51. The van der Waals surface area contributed by atoms with E-state index in [-0.39, 0.29) is 0 Å². The van der Waals surface area contributed by atoms with Crippen LogP contribution in [-0.4, -0.2) is 50.1 Å². The van der Waals surface area contributed by atoms with Gasteiger partial charge in [-0.1, -0.05) is 0 Å². The van der Waals surface area contributed by atoms with Gasteiger partial charge in [0.15, 0.2) is 5.96 Å². The summed E-state index contributed by atoms with van der Waals surface area (Å²) in [7, 11) is 3.59. The van der Waals surface area contributed by atoms with E-state index in [9.17, 15) is 4.79 Å². The molecule has 0 saturated carbocycles. The molecule has 88 valence electrons. The number of ether oxygens (including phenoxy) is 1. The van der Waals surface area contributed by atoms with E-state index < -0.39 is 12.0 Å². The summed E-state index contributed by atoms with van der Waals surface area (Å²) in [6, 6.07) is -0.622. The maximum atomic E-state index is 11.1. The fourth-order valence-corrected chi connectivity index (χ4v) is 0.827. The summed E-state index contributed by atoms with van der Waals surface area (Å²) in [5.41, 5.74) is 11.1. The summed E-state index contributed by atoms with van der Waals surface area (Å²) < 4.78 is 4.75. The van der Waals surface area contributed by atoms with Crippen molar-refractivity contribution >= 4 is 11.9 Å². The fourth-order valence-electron chi connectivity index (χ4n) is 0.827. The highest BCUT2D eigenvalue weighted by Gasteiger charge is 2.13. The van der Waals surface area contributed by atoms with Gasteiger partial charge in [0.05, 0.1) is 6.61 Å². The van der Waals surface area contributed by atoms with Gasteiger partial charge in [0.25, 0.3) is 0 Å². The average molecular weight is 216 g/mol. The zero-order valence-electron chi connectivity index (χ0n) is 9.56. The molecule has 0 aliphatic rings. The van der Waals surface area contributed by atoms with Gasteiger partial charge in [-0.2, -0.15) is 0 Å². The quantitative estimate of drug-likeness (QED) is 0.354. The van der Waals surface area contributed by atoms with Gasteiger partial charge in [-0.3, -0.25) is 9.79 Å². The van der Waals surface area contributed by atoms with Crippen LogP contribution in [-0.2, 0) is 9.53 Å². The molecule has 6 nitrogen and oxygen atoms in total. The molecule has 0 aromatic heterocycles. The maximum absolute atomic E-state index is 11.1. The number of hydrogen-bond acceptors (Lipinski definition) is 4. The van der Waals surface area contributed by atoms with Crippen LogP contribution in [0.5, 0.6) is 0 Å². The molecule has 0 bridgehead atoms. The Hall–Kier alpha value is -1.30. The molecule has 0 spiro atoms. The summed E-state index contributed by atoms with van der Waals surface area (Å²) in [6.07, 6.45) is 0.438. The molecular formula is C9H20N4O2. The van der Waals surface area contributed by atoms with E-state index >= 15 is 0 Å². The van der Waals surface area contributed by atoms with Crippen LogP contribution in [0.1, 0.15) is 13.3 Å². The van der Waals surface area contributed by atoms with E-state index in [0.29, 0.717) is 25.5 Å². The van der Waals surface area contributed by atoms with E-state index in [1.807, 2.05) is 0 Å². The highest BCUT2D eigenvalue weighted by Crippen LogP contribution is 1.93. The summed E-state index contributed by atoms with van der Waals surface area (Å²) in [5, 5.41) is 0. The minimum atomic E-state index is -0.622. The lowest BCUT2D eigenvalue weighted by Gasteiger charge is -2.12. The molecule has 0 aromatic rings. The highest BCUT2D eigenvalue weighted by molar-refractivity contribution is 5.77. The van der Waals surface area contributed by atoms with Crippen molar-refractivity contribution in [1.29, 1.82) is 0 Å². The van der Waals surface area contributed by atoms with E-state index in [2.05, 4.69) is 4.99 Å². The second-order valence-corrected chi connectivity index (χ2v) is 3.28. The predicted octanol–water partition coefficient (Wildman–Crippen LogP) is -0.857. The van der Waals surface area contributed by atoms with E-state index in [1.54, 1.807) is 25.9 Å². The van der Waals surface area contributed by atoms with Crippen LogP contribution in [0.2, 0.25) is 0 Å². The van der Waals surface area contributed by atoms with Crippen LogP contribution in [0, 0.1) is 0 Å². The van der Waals surface area contributed by atoms with Crippen molar-refractivity contribution in [3.05, 3.63) is 0 Å². The Bertz CT molecular complexity index is 228. The monoisotopic (exact) mass is 216 g/mol. The molecule has 0 heterocycles. The zero-order valence-corrected chi connectivity index (χ0v) is 9.56. The second-order valence-electron chi connectivity index (χ2n) is 3.28. The van der Waals surface area contributed by atoms with Crippen LogP contribution in [0.15, 0.2) is 4.99 Å². The number of nitrogens with zero attached hydrogens (tertiary/aromatic N) is 2. The lowest BCUT2D eigenvalue weighted by Crippen LogP contribution is -2.34. The summed E-state index contributed by atoms with van der Waals surface area (Å²) >= 11 is 0. The molecule has 15 heavy (non-hydrogen) atoms. The van der Waals surface area contributed by atoms with Crippen molar-refractivity contribution in [3.8, 4) is 0 Å². The van der Waals surface area contributed by atoms with Gasteiger partial charge >= 0.3 is 5.97 Å². The molecule has 0 rings (SSSR count). The molecule has 0 unspecified atom stereocenters. The van der Waals surface area contributed by atoms with Gasteiger partial charge in [0, 0.05) is 20.6 Å². The summed E-state index contributed by atoms with van der Waals surface area (Å²) in [5.74, 6) is 0.0298. The normalized spacial score (nSPS) is 13.5. The number of carbonyl (C=O) groups excluding carboxylic acids is 1. The lowest BCUT2D eigenvalue weighted by molar-refractivity contribution is -0.144. The molecule has 4 N–H and O–H groups in total. The molecule has 0 fully saturated rings. The molecule has 0 amide bonds. The van der Waals surface area contributed by atoms with Crippen molar-refractivity contribution in [2.24, 2.45) is 16.5 Å². The van der Waals surface area contributed by atoms with E-state index in [1.165, 1.54) is 0 Å². The first kappa shape index (κ1) is 13.7. The van der Waals surface area contributed by atoms with Crippen LogP contribution in [0.25, 0.3) is 0 Å². The number of nitrogens with two attached hydrogens (primary N) is 2. The number of carbonyl (C=O) groups is 1. The fraction of sp³-hybridized carbons (Fsp3) is 0.778. The van der Waals surface area contributed by atoms with Gasteiger partial charge in [-0.15, -0.1) is 0 Å². The Morgan fingerprint density at radius 2 is 2.13 bits per heavy atom. The van der Waals surface area contributed by atoms with Gasteiger partial charge < -0.3 is 21.1 Å². The lowest BCUT2D eigenvalue weighted by atomic mass is 10.2. The second kappa shape index (κ2) is 7.05.